The minimum absolute atomic E-state index is 0.0520. The molecule has 1 aliphatic rings. The molecule has 2 aromatic carbocycles. The normalized spacial score (nSPS) is 17.4. The molecule has 4 rings (SSSR count). The number of halogens is 4. The number of nitrogen functional groups attached to an aromatic ring is 1. The maximum Gasteiger partial charge on any atom is 0.429 e. The van der Waals surface area contributed by atoms with E-state index in [4.69, 9.17) is 21.3 Å². The number of nitrogens with zero attached hydrogens (tertiary/aromatic N) is 2. The first-order valence-electron chi connectivity index (χ1n) is 11.9. The topological polar surface area (TPSA) is 124 Å². The molecule has 38 heavy (non-hydrogen) atoms. The van der Waals surface area contributed by atoms with E-state index >= 15 is 0 Å². The SMILES string of the molecule is Nc1nc(O[C@H](c2ccc(-c3ccccc3)cc2F)C(F)(F)F)cc(C2=CCC(C[C@H](N)C(=O)O)CC2)n1. The molecule has 0 radical (unpaired) electrons. The zero-order valence-electron chi connectivity index (χ0n) is 20.2. The van der Waals surface area contributed by atoms with Gasteiger partial charge in [0.2, 0.25) is 17.9 Å². The number of anilines is 1. The van der Waals surface area contributed by atoms with Crippen molar-refractivity contribution in [2.45, 2.75) is 44.0 Å². The molecule has 1 unspecified atom stereocenters. The van der Waals surface area contributed by atoms with Gasteiger partial charge in [-0.25, -0.2) is 9.37 Å². The average Bonchev–Trinajstić information content (AvgIpc) is 2.87. The van der Waals surface area contributed by atoms with E-state index in [1.807, 2.05) is 6.08 Å². The molecule has 3 atom stereocenters. The van der Waals surface area contributed by atoms with Crippen molar-refractivity contribution in [3.8, 4) is 17.0 Å². The molecular formula is C27H26F4N4O3. The van der Waals surface area contributed by atoms with E-state index in [1.54, 1.807) is 30.3 Å². The fourth-order valence-corrected chi connectivity index (χ4v) is 4.44. The number of benzene rings is 2. The third kappa shape index (κ3) is 6.46. The van der Waals surface area contributed by atoms with Gasteiger partial charge in [0, 0.05) is 11.6 Å². The Kier molecular flexibility index (Phi) is 7.96. The number of alkyl halides is 3. The molecule has 0 saturated carbocycles. The number of hydrogen-bond acceptors (Lipinski definition) is 6. The molecule has 5 N–H and O–H groups in total. The highest BCUT2D eigenvalue weighted by atomic mass is 19.4. The molecule has 0 fully saturated rings. The van der Waals surface area contributed by atoms with Crippen LogP contribution in [0.25, 0.3) is 16.7 Å². The van der Waals surface area contributed by atoms with Gasteiger partial charge in [-0.15, -0.1) is 0 Å². The summed E-state index contributed by atoms with van der Waals surface area (Å²) in [5.41, 5.74) is 12.8. The molecule has 0 saturated heterocycles. The summed E-state index contributed by atoms with van der Waals surface area (Å²) < 4.78 is 62.2. The Bertz CT molecular complexity index is 1330. The predicted molar refractivity (Wildman–Crippen MR) is 133 cm³/mol. The summed E-state index contributed by atoms with van der Waals surface area (Å²) in [6, 6.07) is 12.5. The molecule has 1 heterocycles. The van der Waals surface area contributed by atoms with Crippen molar-refractivity contribution in [1.29, 1.82) is 0 Å². The van der Waals surface area contributed by atoms with Crippen molar-refractivity contribution in [2.24, 2.45) is 11.7 Å². The largest absolute Gasteiger partial charge is 0.480 e. The Labute approximate surface area is 216 Å². The van der Waals surface area contributed by atoms with Gasteiger partial charge in [-0.1, -0.05) is 48.5 Å². The van der Waals surface area contributed by atoms with E-state index in [1.165, 1.54) is 12.1 Å². The smallest absolute Gasteiger partial charge is 0.429 e. The summed E-state index contributed by atoms with van der Waals surface area (Å²) in [4.78, 5) is 18.9. The highest BCUT2D eigenvalue weighted by Crippen LogP contribution is 2.39. The van der Waals surface area contributed by atoms with Crippen molar-refractivity contribution >= 4 is 17.5 Å². The molecular weight excluding hydrogens is 504 g/mol. The van der Waals surface area contributed by atoms with Gasteiger partial charge in [0.05, 0.1) is 5.69 Å². The van der Waals surface area contributed by atoms with Crippen molar-refractivity contribution in [3.63, 3.8) is 0 Å². The van der Waals surface area contributed by atoms with Crippen LogP contribution < -0.4 is 16.2 Å². The van der Waals surface area contributed by atoms with Crippen LogP contribution in [-0.2, 0) is 4.79 Å². The number of allylic oxidation sites excluding steroid dienone is 2. The van der Waals surface area contributed by atoms with Crippen molar-refractivity contribution in [3.05, 3.63) is 77.7 Å². The second-order valence-corrected chi connectivity index (χ2v) is 9.14. The van der Waals surface area contributed by atoms with Crippen molar-refractivity contribution < 1.29 is 32.2 Å². The van der Waals surface area contributed by atoms with Gasteiger partial charge in [-0.05, 0) is 54.4 Å². The van der Waals surface area contributed by atoms with Crippen LogP contribution >= 0.6 is 0 Å². The van der Waals surface area contributed by atoms with Gasteiger partial charge in [0.15, 0.2) is 0 Å². The summed E-state index contributed by atoms with van der Waals surface area (Å²) in [7, 11) is 0. The first-order valence-corrected chi connectivity index (χ1v) is 11.9. The van der Waals surface area contributed by atoms with E-state index in [9.17, 15) is 22.4 Å². The van der Waals surface area contributed by atoms with Crippen LogP contribution in [0, 0.1) is 11.7 Å². The molecule has 1 aromatic heterocycles. The average molecular weight is 531 g/mol. The molecule has 0 amide bonds. The Morgan fingerprint density at radius 1 is 1.11 bits per heavy atom. The highest BCUT2D eigenvalue weighted by Gasteiger charge is 2.45. The van der Waals surface area contributed by atoms with Gasteiger partial charge >= 0.3 is 12.1 Å². The third-order valence-corrected chi connectivity index (χ3v) is 6.40. The zero-order valence-corrected chi connectivity index (χ0v) is 20.2. The van der Waals surface area contributed by atoms with Gasteiger partial charge in [0.1, 0.15) is 11.9 Å². The summed E-state index contributed by atoms with van der Waals surface area (Å²) in [5.74, 6) is -2.84. The Hall–Kier alpha value is -3.99. The third-order valence-electron chi connectivity index (χ3n) is 6.40. The van der Waals surface area contributed by atoms with E-state index in [-0.39, 0.29) is 17.6 Å². The minimum Gasteiger partial charge on any atom is -0.480 e. The number of ether oxygens (including phenoxy) is 1. The first kappa shape index (κ1) is 27.1. The maximum atomic E-state index is 15.0. The number of carboxylic acid groups (broad SMARTS) is 1. The molecule has 7 nitrogen and oxygen atoms in total. The highest BCUT2D eigenvalue weighted by molar-refractivity contribution is 5.73. The van der Waals surface area contributed by atoms with Crippen LogP contribution in [0.5, 0.6) is 5.88 Å². The summed E-state index contributed by atoms with van der Waals surface area (Å²) in [6.07, 6.45) is -3.80. The number of carbonyl (C=O) groups is 1. The molecule has 1 aliphatic carbocycles. The lowest BCUT2D eigenvalue weighted by Crippen LogP contribution is -2.32. The van der Waals surface area contributed by atoms with Crippen LogP contribution in [0.3, 0.4) is 0 Å². The Morgan fingerprint density at radius 2 is 1.84 bits per heavy atom. The monoisotopic (exact) mass is 530 g/mol. The van der Waals surface area contributed by atoms with E-state index in [0.717, 1.165) is 12.1 Å². The Balaban J connectivity index is 1.57. The molecule has 0 aliphatic heterocycles. The fourth-order valence-electron chi connectivity index (χ4n) is 4.44. The number of aliphatic carboxylic acids is 1. The van der Waals surface area contributed by atoms with Gasteiger partial charge in [-0.2, -0.15) is 18.2 Å². The fraction of sp³-hybridized carbons (Fsp3) is 0.296. The van der Waals surface area contributed by atoms with Crippen LogP contribution in [0.15, 0.2) is 60.7 Å². The van der Waals surface area contributed by atoms with Crippen molar-refractivity contribution in [2.75, 3.05) is 5.73 Å². The summed E-state index contributed by atoms with van der Waals surface area (Å²) >= 11 is 0. The maximum absolute atomic E-state index is 15.0. The quantitative estimate of drug-likeness (QED) is 0.327. The van der Waals surface area contributed by atoms with Gasteiger partial charge < -0.3 is 21.3 Å². The lowest BCUT2D eigenvalue weighted by atomic mass is 9.84. The van der Waals surface area contributed by atoms with E-state index < -0.39 is 41.6 Å². The number of carboxylic acids is 1. The zero-order chi connectivity index (χ0) is 27.4. The number of hydrogen-bond donors (Lipinski definition) is 3. The second-order valence-electron chi connectivity index (χ2n) is 9.14. The summed E-state index contributed by atoms with van der Waals surface area (Å²) in [5, 5.41) is 9.01. The minimum atomic E-state index is -4.95. The lowest BCUT2D eigenvalue weighted by molar-refractivity contribution is -0.199. The lowest BCUT2D eigenvalue weighted by Gasteiger charge is -2.24. The first-order chi connectivity index (χ1) is 18.0. The second kappa shape index (κ2) is 11.2. The molecule has 0 spiro atoms. The Morgan fingerprint density at radius 3 is 2.45 bits per heavy atom. The molecule has 200 valence electrons. The molecule has 0 bridgehead atoms. The van der Waals surface area contributed by atoms with Crippen LogP contribution in [0.1, 0.15) is 43.0 Å². The van der Waals surface area contributed by atoms with Crippen LogP contribution in [0.4, 0.5) is 23.5 Å². The van der Waals surface area contributed by atoms with Gasteiger partial charge in [0.25, 0.3) is 0 Å². The van der Waals surface area contributed by atoms with E-state index in [0.29, 0.717) is 42.4 Å². The number of nitrogens with two attached hydrogens (primary N) is 2. The van der Waals surface area contributed by atoms with Gasteiger partial charge in [-0.3, -0.25) is 4.79 Å². The molecule has 3 aromatic rings. The van der Waals surface area contributed by atoms with E-state index in [2.05, 4.69) is 9.97 Å². The van der Waals surface area contributed by atoms with Crippen LogP contribution in [-0.4, -0.2) is 33.3 Å². The summed E-state index contributed by atoms with van der Waals surface area (Å²) in [6.45, 7) is 0. The number of rotatable bonds is 8. The number of aromatic nitrogens is 2. The molecule has 11 heteroatoms. The van der Waals surface area contributed by atoms with Crippen LogP contribution in [0.2, 0.25) is 0 Å². The standard InChI is InChI=1S/C27H26F4N4O3/c28-20-13-18(16-4-2-1-3-5-16)10-11-19(20)24(27(29,30)31)38-23-14-22(34-26(33)35-23)17-8-6-15(7-9-17)12-21(32)25(36)37/h1-5,8,10-11,13-15,21,24H,6-7,9,12,32H2,(H,36,37)(H2,33,34,35)/t15?,21-,24+/m0/s1. The predicted octanol–water partition coefficient (Wildman–Crippen LogP) is 5.53. The van der Waals surface area contributed by atoms with Crippen molar-refractivity contribution in [1.82, 2.24) is 9.97 Å².